The van der Waals surface area contributed by atoms with Crippen molar-refractivity contribution in [2.24, 2.45) is 17.6 Å². The zero-order valence-corrected chi connectivity index (χ0v) is 19.2. The summed E-state index contributed by atoms with van der Waals surface area (Å²) in [5.41, 5.74) is 5.44. The Morgan fingerprint density at radius 2 is 1.74 bits per heavy atom. The van der Waals surface area contributed by atoms with Crippen molar-refractivity contribution < 1.29 is 27.2 Å². The molecule has 2 aliphatic rings. The highest BCUT2D eigenvalue weighted by molar-refractivity contribution is 6.31. The third kappa shape index (κ3) is 4.90. The lowest BCUT2D eigenvalue weighted by molar-refractivity contribution is -0.138. The topological polar surface area (TPSA) is 66.6 Å². The lowest BCUT2D eigenvalue weighted by Crippen LogP contribution is -2.36. The van der Waals surface area contributed by atoms with Gasteiger partial charge in [-0.2, -0.15) is 13.2 Å². The molecule has 34 heavy (non-hydrogen) atoms. The molecule has 2 aromatic rings. The molecule has 0 aromatic heterocycles. The molecule has 0 saturated carbocycles. The molecule has 2 heterocycles. The molecular weight excluding hydrogens is 474 g/mol. The van der Waals surface area contributed by atoms with Crippen LogP contribution in [0.3, 0.4) is 0 Å². The molecule has 0 spiro atoms. The third-order valence-corrected chi connectivity index (χ3v) is 7.14. The van der Waals surface area contributed by atoms with Gasteiger partial charge in [0.2, 0.25) is 5.91 Å². The molecule has 0 radical (unpaired) electrons. The summed E-state index contributed by atoms with van der Waals surface area (Å²) in [4.78, 5) is 28.2. The summed E-state index contributed by atoms with van der Waals surface area (Å²) < 4.78 is 53.8. The molecule has 2 aromatic carbocycles. The normalized spacial score (nSPS) is 21.5. The van der Waals surface area contributed by atoms with E-state index in [1.54, 1.807) is 0 Å². The van der Waals surface area contributed by atoms with Gasteiger partial charge in [-0.1, -0.05) is 23.7 Å². The highest BCUT2D eigenvalue weighted by Gasteiger charge is 2.45. The van der Waals surface area contributed by atoms with Crippen LogP contribution in [0.1, 0.15) is 39.5 Å². The van der Waals surface area contributed by atoms with Crippen LogP contribution >= 0.6 is 11.6 Å². The van der Waals surface area contributed by atoms with Gasteiger partial charge < -0.3 is 10.6 Å². The van der Waals surface area contributed by atoms with Crippen LogP contribution in [0.5, 0.6) is 0 Å². The number of alkyl halides is 3. The standard InChI is InChI=1S/C24H24ClF4N3O2/c1-13-2-3-14(6-20(13)25)21(8-22(30)33)31-9-15-11-32(12-16(15)10-31)23(34)18-7-17(26)4-5-19(18)24(27,28)29/h2-7,15-16,21H,8-12H2,1H3,(H2,30,33). The average molecular weight is 498 g/mol. The quantitative estimate of drug-likeness (QED) is 0.622. The van der Waals surface area contributed by atoms with Crippen LogP contribution in [0.15, 0.2) is 36.4 Å². The molecule has 2 N–H and O–H groups in total. The largest absolute Gasteiger partial charge is 0.417 e. The Morgan fingerprint density at radius 1 is 1.09 bits per heavy atom. The van der Waals surface area contributed by atoms with Crippen LogP contribution in [0.25, 0.3) is 0 Å². The second-order valence-electron chi connectivity index (χ2n) is 9.07. The molecule has 2 saturated heterocycles. The van der Waals surface area contributed by atoms with Crippen molar-refractivity contribution in [3.63, 3.8) is 0 Å². The lowest BCUT2D eigenvalue weighted by atomic mass is 10.0. The molecule has 2 amide bonds. The van der Waals surface area contributed by atoms with Gasteiger partial charge in [-0.15, -0.1) is 0 Å². The summed E-state index contributed by atoms with van der Waals surface area (Å²) in [5, 5.41) is 0.582. The van der Waals surface area contributed by atoms with E-state index >= 15 is 0 Å². The van der Waals surface area contributed by atoms with E-state index in [1.165, 1.54) is 4.90 Å². The van der Waals surface area contributed by atoms with E-state index in [-0.39, 0.29) is 37.4 Å². The maximum Gasteiger partial charge on any atom is 0.417 e. The maximum absolute atomic E-state index is 13.7. The number of nitrogens with two attached hydrogens (primary N) is 1. The molecule has 2 fully saturated rings. The number of amides is 2. The minimum absolute atomic E-state index is 0.0168. The lowest BCUT2D eigenvalue weighted by Gasteiger charge is -2.30. The zero-order chi connectivity index (χ0) is 24.8. The van der Waals surface area contributed by atoms with Gasteiger partial charge in [-0.3, -0.25) is 14.5 Å². The Balaban J connectivity index is 1.50. The van der Waals surface area contributed by atoms with Crippen molar-refractivity contribution in [1.29, 1.82) is 0 Å². The first-order valence-corrected chi connectivity index (χ1v) is 11.3. The fourth-order valence-electron chi connectivity index (χ4n) is 5.03. The van der Waals surface area contributed by atoms with Gasteiger partial charge >= 0.3 is 6.18 Å². The molecule has 3 atom stereocenters. The summed E-state index contributed by atoms with van der Waals surface area (Å²) in [6.07, 6.45) is -4.66. The number of likely N-dealkylation sites (tertiary alicyclic amines) is 2. The van der Waals surface area contributed by atoms with E-state index in [4.69, 9.17) is 17.3 Å². The number of hydrogen-bond donors (Lipinski definition) is 1. The first-order chi connectivity index (χ1) is 15.9. The van der Waals surface area contributed by atoms with Crippen LogP contribution in [0, 0.1) is 24.6 Å². The molecule has 3 unspecified atom stereocenters. The fraction of sp³-hybridized carbons (Fsp3) is 0.417. The van der Waals surface area contributed by atoms with E-state index in [1.807, 2.05) is 25.1 Å². The van der Waals surface area contributed by atoms with Gasteiger partial charge in [-0.25, -0.2) is 4.39 Å². The smallest absolute Gasteiger partial charge is 0.370 e. The molecule has 2 aliphatic heterocycles. The number of aryl methyl sites for hydroxylation is 1. The van der Waals surface area contributed by atoms with Crippen molar-refractivity contribution in [3.8, 4) is 0 Å². The highest BCUT2D eigenvalue weighted by atomic mass is 35.5. The number of fused-ring (bicyclic) bond motifs is 1. The number of carbonyl (C=O) groups is 2. The molecular formula is C24H24ClF4N3O2. The number of carbonyl (C=O) groups excluding carboxylic acids is 2. The summed E-state index contributed by atoms with van der Waals surface area (Å²) in [5.74, 6) is -2.15. The Hall–Kier alpha value is -2.65. The predicted molar refractivity (Wildman–Crippen MR) is 119 cm³/mol. The van der Waals surface area contributed by atoms with Crippen LogP contribution in [-0.2, 0) is 11.0 Å². The molecule has 0 bridgehead atoms. The van der Waals surface area contributed by atoms with E-state index in [9.17, 15) is 27.2 Å². The summed E-state index contributed by atoms with van der Waals surface area (Å²) >= 11 is 6.28. The van der Waals surface area contributed by atoms with Crippen molar-refractivity contribution in [2.45, 2.75) is 25.6 Å². The van der Waals surface area contributed by atoms with Crippen molar-refractivity contribution >= 4 is 23.4 Å². The van der Waals surface area contributed by atoms with E-state index in [0.717, 1.165) is 11.1 Å². The maximum atomic E-state index is 13.7. The minimum atomic E-state index is -4.76. The monoisotopic (exact) mass is 497 g/mol. The van der Waals surface area contributed by atoms with Crippen molar-refractivity contribution in [3.05, 3.63) is 69.5 Å². The van der Waals surface area contributed by atoms with Crippen molar-refractivity contribution in [1.82, 2.24) is 9.80 Å². The van der Waals surface area contributed by atoms with Crippen LogP contribution in [0.2, 0.25) is 5.02 Å². The number of nitrogens with zero attached hydrogens (tertiary/aromatic N) is 2. The van der Waals surface area contributed by atoms with Crippen LogP contribution in [-0.4, -0.2) is 47.8 Å². The number of primary amides is 1. The van der Waals surface area contributed by atoms with Crippen LogP contribution < -0.4 is 5.73 Å². The Morgan fingerprint density at radius 3 is 2.29 bits per heavy atom. The summed E-state index contributed by atoms with van der Waals surface area (Å²) in [6, 6.07) is 7.26. The third-order valence-electron chi connectivity index (χ3n) is 6.74. The highest BCUT2D eigenvalue weighted by Crippen LogP contribution is 2.39. The Labute approximate surface area is 199 Å². The number of hydrogen-bond acceptors (Lipinski definition) is 3. The van der Waals surface area contributed by atoms with Crippen molar-refractivity contribution in [2.75, 3.05) is 26.2 Å². The summed E-state index contributed by atoms with van der Waals surface area (Å²) in [6.45, 7) is 3.49. The van der Waals surface area contributed by atoms with E-state index < -0.39 is 34.9 Å². The van der Waals surface area contributed by atoms with Gasteiger partial charge in [0.25, 0.3) is 5.91 Å². The molecule has 0 aliphatic carbocycles. The van der Waals surface area contributed by atoms with Gasteiger partial charge in [0.1, 0.15) is 5.82 Å². The molecule has 182 valence electrons. The molecule has 4 rings (SSSR count). The second-order valence-corrected chi connectivity index (χ2v) is 9.47. The van der Waals surface area contributed by atoms with Gasteiger partial charge in [0.05, 0.1) is 11.1 Å². The van der Waals surface area contributed by atoms with Gasteiger partial charge in [0, 0.05) is 43.7 Å². The number of benzene rings is 2. The summed E-state index contributed by atoms with van der Waals surface area (Å²) in [7, 11) is 0. The second kappa shape index (κ2) is 9.19. The van der Waals surface area contributed by atoms with E-state index in [0.29, 0.717) is 36.3 Å². The van der Waals surface area contributed by atoms with Gasteiger partial charge in [0.15, 0.2) is 0 Å². The number of rotatable bonds is 5. The molecule has 10 heteroatoms. The Bertz CT molecular complexity index is 1110. The first-order valence-electron chi connectivity index (χ1n) is 10.9. The predicted octanol–water partition coefficient (Wildman–Crippen LogP) is 4.43. The van der Waals surface area contributed by atoms with E-state index in [2.05, 4.69) is 4.90 Å². The molecule has 5 nitrogen and oxygen atoms in total. The first kappa shape index (κ1) is 24.5. The Kier molecular flexibility index (Phi) is 6.61. The SMILES string of the molecule is Cc1ccc(C(CC(N)=O)N2CC3CN(C(=O)c4cc(F)ccc4C(F)(F)F)CC3C2)cc1Cl. The fourth-order valence-corrected chi connectivity index (χ4v) is 5.21. The minimum Gasteiger partial charge on any atom is -0.370 e. The number of halogens is 5. The van der Waals surface area contributed by atoms with Gasteiger partial charge in [-0.05, 0) is 54.2 Å². The average Bonchev–Trinajstić information content (AvgIpc) is 3.32. The van der Waals surface area contributed by atoms with Crippen LogP contribution in [0.4, 0.5) is 17.6 Å². The zero-order valence-electron chi connectivity index (χ0n) is 18.4.